The molecule has 0 aromatic heterocycles. The minimum atomic E-state index is -0.121. The fourth-order valence-electron chi connectivity index (χ4n) is 2.24. The highest BCUT2D eigenvalue weighted by Gasteiger charge is 2.12. The van der Waals surface area contributed by atoms with E-state index in [1.807, 2.05) is 43.3 Å². The van der Waals surface area contributed by atoms with Gasteiger partial charge in [-0.25, -0.2) is 0 Å². The Kier molecular flexibility index (Phi) is 6.22. The van der Waals surface area contributed by atoms with Crippen LogP contribution in [0.5, 0.6) is 5.75 Å². The van der Waals surface area contributed by atoms with Crippen molar-refractivity contribution >= 4 is 21.8 Å². The van der Waals surface area contributed by atoms with E-state index in [9.17, 15) is 4.79 Å². The standard InChI is InChI=1S/C19H22BrNO2/c1-13(2)16-10-17(20)14(3)9-18(16)23-12-19(22)21-11-15-7-5-4-6-8-15/h4-10,13H,11-12H2,1-3H3,(H,21,22). The van der Waals surface area contributed by atoms with E-state index in [-0.39, 0.29) is 12.5 Å². The van der Waals surface area contributed by atoms with Gasteiger partial charge < -0.3 is 10.1 Å². The molecule has 0 atom stereocenters. The molecule has 0 bridgehead atoms. The van der Waals surface area contributed by atoms with Gasteiger partial charge in [0.05, 0.1) is 0 Å². The van der Waals surface area contributed by atoms with E-state index in [2.05, 4.69) is 41.2 Å². The Morgan fingerprint density at radius 1 is 1.22 bits per heavy atom. The highest BCUT2D eigenvalue weighted by molar-refractivity contribution is 9.10. The van der Waals surface area contributed by atoms with Crippen LogP contribution in [0.25, 0.3) is 0 Å². The smallest absolute Gasteiger partial charge is 0.258 e. The lowest BCUT2D eigenvalue weighted by Crippen LogP contribution is -2.28. The molecular formula is C19H22BrNO2. The number of carbonyl (C=O) groups excluding carboxylic acids is 1. The molecule has 2 aromatic carbocycles. The van der Waals surface area contributed by atoms with Crippen LogP contribution >= 0.6 is 15.9 Å². The van der Waals surface area contributed by atoms with Gasteiger partial charge in [0.1, 0.15) is 5.75 Å². The van der Waals surface area contributed by atoms with E-state index >= 15 is 0 Å². The van der Waals surface area contributed by atoms with Gasteiger partial charge in [0.25, 0.3) is 5.91 Å². The molecule has 0 saturated heterocycles. The number of halogens is 1. The number of rotatable bonds is 6. The molecule has 1 amide bonds. The zero-order valence-electron chi connectivity index (χ0n) is 13.7. The van der Waals surface area contributed by atoms with Gasteiger partial charge in [-0.1, -0.05) is 60.1 Å². The quantitative estimate of drug-likeness (QED) is 0.802. The first-order valence-electron chi connectivity index (χ1n) is 7.71. The summed E-state index contributed by atoms with van der Waals surface area (Å²) in [7, 11) is 0. The Morgan fingerprint density at radius 2 is 1.91 bits per heavy atom. The predicted octanol–water partition coefficient (Wildman–Crippen LogP) is 4.58. The molecule has 0 radical (unpaired) electrons. The number of amides is 1. The largest absolute Gasteiger partial charge is 0.483 e. The van der Waals surface area contributed by atoms with Crippen LogP contribution in [-0.4, -0.2) is 12.5 Å². The first-order chi connectivity index (χ1) is 11.0. The number of benzene rings is 2. The third kappa shape index (κ3) is 5.10. The van der Waals surface area contributed by atoms with Gasteiger partial charge in [0, 0.05) is 11.0 Å². The van der Waals surface area contributed by atoms with Crippen molar-refractivity contribution in [2.24, 2.45) is 0 Å². The Morgan fingerprint density at radius 3 is 2.57 bits per heavy atom. The SMILES string of the molecule is Cc1cc(OCC(=O)NCc2ccccc2)c(C(C)C)cc1Br. The van der Waals surface area contributed by atoms with Gasteiger partial charge in [-0.15, -0.1) is 0 Å². The molecule has 3 nitrogen and oxygen atoms in total. The maximum Gasteiger partial charge on any atom is 0.258 e. The van der Waals surface area contributed by atoms with Crippen molar-refractivity contribution in [3.05, 3.63) is 63.6 Å². The molecule has 2 rings (SSSR count). The summed E-state index contributed by atoms with van der Waals surface area (Å²) in [5.74, 6) is 0.981. The number of nitrogens with one attached hydrogen (secondary N) is 1. The van der Waals surface area contributed by atoms with Gasteiger partial charge in [0.15, 0.2) is 6.61 Å². The second-order valence-corrected chi connectivity index (χ2v) is 6.70. The summed E-state index contributed by atoms with van der Waals surface area (Å²) in [5.41, 5.74) is 3.26. The van der Waals surface area contributed by atoms with Crippen LogP contribution in [0.15, 0.2) is 46.9 Å². The number of ether oxygens (including phenoxy) is 1. The fraction of sp³-hybridized carbons (Fsp3) is 0.316. The molecule has 0 saturated carbocycles. The topological polar surface area (TPSA) is 38.3 Å². The van der Waals surface area contributed by atoms with Gasteiger partial charge >= 0.3 is 0 Å². The normalized spacial score (nSPS) is 10.7. The van der Waals surface area contributed by atoms with Crippen LogP contribution in [0.1, 0.15) is 36.5 Å². The molecule has 2 aromatic rings. The van der Waals surface area contributed by atoms with E-state index in [4.69, 9.17) is 4.74 Å². The molecule has 0 spiro atoms. The molecule has 4 heteroatoms. The summed E-state index contributed by atoms with van der Waals surface area (Å²) < 4.78 is 6.81. The van der Waals surface area contributed by atoms with Crippen molar-refractivity contribution in [3.63, 3.8) is 0 Å². The number of hydrogen-bond acceptors (Lipinski definition) is 2. The Hall–Kier alpha value is -1.81. The minimum absolute atomic E-state index is 0.0215. The van der Waals surface area contributed by atoms with Gasteiger partial charge in [-0.05, 0) is 41.7 Å². The molecule has 0 heterocycles. The molecule has 0 unspecified atom stereocenters. The first kappa shape index (κ1) is 17.5. The number of hydrogen-bond donors (Lipinski definition) is 1. The van der Waals surface area contributed by atoms with Gasteiger partial charge in [0.2, 0.25) is 0 Å². The van der Waals surface area contributed by atoms with E-state index in [0.29, 0.717) is 12.5 Å². The molecule has 0 aliphatic carbocycles. The first-order valence-corrected chi connectivity index (χ1v) is 8.50. The van der Waals surface area contributed by atoms with Crippen molar-refractivity contribution in [3.8, 4) is 5.75 Å². The minimum Gasteiger partial charge on any atom is -0.483 e. The molecule has 0 aliphatic heterocycles. The summed E-state index contributed by atoms with van der Waals surface area (Å²) >= 11 is 3.54. The van der Waals surface area contributed by atoms with Crippen molar-refractivity contribution in [2.45, 2.75) is 33.2 Å². The lowest BCUT2D eigenvalue weighted by Gasteiger charge is -2.16. The third-order valence-electron chi connectivity index (χ3n) is 3.60. The van der Waals surface area contributed by atoms with Crippen molar-refractivity contribution in [1.29, 1.82) is 0 Å². The van der Waals surface area contributed by atoms with Crippen molar-refractivity contribution in [1.82, 2.24) is 5.32 Å². The maximum atomic E-state index is 12.0. The van der Waals surface area contributed by atoms with Crippen LogP contribution < -0.4 is 10.1 Å². The summed E-state index contributed by atoms with van der Waals surface area (Å²) in [6, 6.07) is 13.9. The number of carbonyl (C=O) groups is 1. The van der Waals surface area contributed by atoms with Crippen LogP contribution in [0.4, 0.5) is 0 Å². The van der Waals surface area contributed by atoms with Crippen LogP contribution in [0.2, 0.25) is 0 Å². The molecule has 1 N–H and O–H groups in total. The highest BCUT2D eigenvalue weighted by atomic mass is 79.9. The summed E-state index contributed by atoms with van der Waals surface area (Å²) in [6.45, 7) is 6.77. The van der Waals surface area contributed by atoms with Crippen LogP contribution in [-0.2, 0) is 11.3 Å². The second-order valence-electron chi connectivity index (χ2n) is 5.84. The van der Waals surface area contributed by atoms with E-state index in [1.165, 1.54) is 0 Å². The molecule has 0 aliphatic rings. The maximum absolute atomic E-state index is 12.0. The molecule has 122 valence electrons. The zero-order chi connectivity index (χ0) is 16.8. The average molecular weight is 376 g/mol. The zero-order valence-corrected chi connectivity index (χ0v) is 15.3. The lowest BCUT2D eigenvalue weighted by atomic mass is 10.0. The predicted molar refractivity (Wildman–Crippen MR) is 96.8 cm³/mol. The summed E-state index contributed by atoms with van der Waals surface area (Å²) in [4.78, 5) is 12.0. The van der Waals surface area contributed by atoms with Gasteiger partial charge in [-0.3, -0.25) is 4.79 Å². The lowest BCUT2D eigenvalue weighted by molar-refractivity contribution is -0.123. The van der Waals surface area contributed by atoms with Crippen molar-refractivity contribution < 1.29 is 9.53 Å². The fourth-order valence-corrected chi connectivity index (χ4v) is 2.60. The van der Waals surface area contributed by atoms with Crippen molar-refractivity contribution in [2.75, 3.05) is 6.61 Å². The monoisotopic (exact) mass is 375 g/mol. The summed E-state index contributed by atoms with van der Waals surface area (Å²) in [5, 5.41) is 2.87. The highest BCUT2D eigenvalue weighted by Crippen LogP contribution is 2.32. The Bertz CT molecular complexity index is 669. The summed E-state index contributed by atoms with van der Waals surface area (Å²) in [6.07, 6.45) is 0. The number of aryl methyl sites for hydroxylation is 1. The van der Waals surface area contributed by atoms with E-state index in [0.717, 1.165) is 26.9 Å². The van der Waals surface area contributed by atoms with Crippen LogP contribution in [0, 0.1) is 6.92 Å². The Balaban J connectivity index is 1.95. The second kappa shape index (κ2) is 8.16. The van der Waals surface area contributed by atoms with Crippen LogP contribution in [0.3, 0.4) is 0 Å². The molecule has 0 fully saturated rings. The van der Waals surface area contributed by atoms with E-state index in [1.54, 1.807) is 0 Å². The van der Waals surface area contributed by atoms with E-state index < -0.39 is 0 Å². The molecule has 23 heavy (non-hydrogen) atoms. The van der Waals surface area contributed by atoms with Gasteiger partial charge in [-0.2, -0.15) is 0 Å². The third-order valence-corrected chi connectivity index (χ3v) is 4.46. The average Bonchev–Trinajstić information content (AvgIpc) is 2.54. The molecular weight excluding hydrogens is 354 g/mol. The Labute approximate surface area is 146 Å².